The van der Waals surface area contributed by atoms with Gasteiger partial charge in [-0.05, 0) is 30.3 Å². The molecule has 19 heavy (non-hydrogen) atoms. The summed E-state index contributed by atoms with van der Waals surface area (Å²) >= 11 is 9.32. The van der Waals surface area contributed by atoms with Gasteiger partial charge in [-0.3, -0.25) is 0 Å². The average Bonchev–Trinajstić information content (AvgIpc) is 2.85. The third-order valence-electron chi connectivity index (χ3n) is 2.31. The lowest BCUT2D eigenvalue weighted by Gasteiger charge is -2.06. The van der Waals surface area contributed by atoms with E-state index >= 15 is 0 Å². The molecule has 0 fully saturated rings. The first-order valence-corrected chi connectivity index (χ1v) is 6.52. The maximum atomic E-state index is 11.2. The van der Waals surface area contributed by atoms with E-state index in [1.165, 1.54) is 13.2 Å². The number of furan rings is 1. The van der Waals surface area contributed by atoms with Gasteiger partial charge in [0.2, 0.25) is 5.76 Å². The molecule has 0 bridgehead atoms. The highest BCUT2D eigenvalue weighted by atomic mass is 79.9. The second-order valence-electron chi connectivity index (χ2n) is 3.62. The number of rotatable bonds is 4. The van der Waals surface area contributed by atoms with E-state index in [2.05, 4.69) is 20.7 Å². The van der Waals surface area contributed by atoms with Gasteiger partial charge in [0.05, 0.1) is 12.1 Å². The largest absolute Gasteiger partial charge is 0.484 e. The first-order valence-electron chi connectivity index (χ1n) is 5.35. The Morgan fingerprint density at radius 1 is 1.37 bits per heavy atom. The van der Waals surface area contributed by atoms with E-state index in [0.717, 1.165) is 4.47 Å². The Morgan fingerprint density at radius 2 is 2.16 bits per heavy atom. The predicted molar refractivity (Wildman–Crippen MR) is 73.5 cm³/mol. The lowest BCUT2D eigenvalue weighted by molar-refractivity contribution is 0.0561. The average molecular weight is 346 g/mol. The van der Waals surface area contributed by atoms with E-state index < -0.39 is 5.97 Å². The van der Waals surface area contributed by atoms with Crippen molar-refractivity contribution in [3.05, 3.63) is 51.3 Å². The van der Waals surface area contributed by atoms with Crippen LogP contribution in [-0.2, 0) is 11.3 Å². The van der Waals surface area contributed by atoms with Crippen LogP contribution in [0.2, 0.25) is 5.02 Å². The number of hydrogen-bond acceptors (Lipinski definition) is 4. The number of benzene rings is 1. The Morgan fingerprint density at radius 3 is 2.84 bits per heavy atom. The van der Waals surface area contributed by atoms with Crippen LogP contribution >= 0.6 is 27.5 Å². The van der Waals surface area contributed by atoms with Crippen molar-refractivity contribution in [1.82, 2.24) is 0 Å². The second kappa shape index (κ2) is 6.12. The topological polar surface area (TPSA) is 48.7 Å². The van der Waals surface area contributed by atoms with Crippen molar-refractivity contribution in [2.45, 2.75) is 6.61 Å². The highest BCUT2D eigenvalue weighted by Crippen LogP contribution is 2.28. The molecule has 4 nitrogen and oxygen atoms in total. The number of carbonyl (C=O) groups is 1. The molecule has 0 aliphatic heterocycles. The first kappa shape index (κ1) is 14.0. The fraction of sp³-hybridized carbons (Fsp3) is 0.154. The van der Waals surface area contributed by atoms with Crippen LogP contribution in [0.15, 0.2) is 39.2 Å². The molecule has 0 saturated carbocycles. The molecule has 0 aliphatic rings. The predicted octanol–water partition coefficient (Wildman–Crippen LogP) is 4.06. The van der Waals surface area contributed by atoms with Gasteiger partial charge in [0.25, 0.3) is 0 Å². The minimum atomic E-state index is -0.520. The summed E-state index contributed by atoms with van der Waals surface area (Å²) in [5.41, 5.74) is 0. The van der Waals surface area contributed by atoms with E-state index in [9.17, 15) is 4.79 Å². The molecule has 0 unspecified atom stereocenters. The van der Waals surface area contributed by atoms with Crippen LogP contribution in [0.3, 0.4) is 0 Å². The van der Waals surface area contributed by atoms with E-state index in [0.29, 0.717) is 16.5 Å². The first-order chi connectivity index (χ1) is 9.10. The molecule has 1 aromatic heterocycles. The summed E-state index contributed by atoms with van der Waals surface area (Å²) in [5.74, 6) is 0.677. The maximum Gasteiger partial charge on any atom is 0.373 e. The molecule has 0 N–H and O–H groups in total. The van der Waals surface area contributed by atoms with E-state index in [1.807, 2.05) is 6.07 Å². The summed E-state index contributed by atoms with van der Waals surface area (Å²) in [4.78, 5) is 11.2. The summed E-state index contributed by atoms with van der Waals surface area (Å²) in [6.45, 7) is 0.179. The Hall–Kier alpha value is -1.46. The number of ether oxygens (including phenoxy) is 2. The SMILES string of the molecule is COC(=O)c1ccc(COc2ccc(Br)cc2Cl)o1. The van der Waals surface area contributed by atoms with Crippen molar-refractivity contribution in [2.75, 3.05) is 7.11 Å². The van der Waals surface area contributed by atoms with Crippen LogP contribution in [-0.4, -0.2) is 13.1 Å². The smallest absolute Gasteiger partial charge is 0.373 e. The van der Waals surface area contributed by atoms with Crippen molar-refractivity contribution < 1.29 is 18.7 Å². The summed E-state index contributed by atoms with van der Waals surface area (Å²) in [6, 6.07) is 8.49. The van der Waals surface area contributed by atoms with Crippen LogP contribution in [0.25, 0.3) is 0 Å². The molecular weight excluding hydrogens is 335 g/mol. The number of halogens is 2. The lowest BCUT2D eigenvalue weighted by Crippen LogP contribution is -1.99. The fourth-order valence-electron chi connectivity index (χ4n) is 1.41. The number of esters is 1. The van der Waals surface area contributed by atoms with Gasteiger partial charge >= 0.3 is 5.97 Å². The fourth-order valence-corrected chi connectivity index (χ4v) is 2.13. The van der Waals surface area contributed by atoms with Crippen LogP contribution in [0.1, 0.15) is 16.3 Å². The van der Waals surface area contributed by atoms with Gasteiger partial charge < -0.3 is 13.9 Å². The molecule has 2 rings (SSSR count). The van der Waals surface area contributed by atoms with Crippen molar-refractivity contribution >= 4 is 33.5 Å². The van der Waals surface area contributed by atoms with Gasteiger partial charge in [-0.25, -0.2) is 4.79 Å². The van der Waals surface area contributed by atoms with Gasteiger partial charge in [-0.2, -0.15) is 0 Å². The van der Waals surface area contributed by atoms with Crippen LogP contribution in [0.5, 0.6) is 5.75 Å². The monoisotopic (exact) mass is 344 g/mol. The van der Waals surface area contributed by atoms with Crippen molar-refractivity contribution in [1.29, 1.82) is 0 Å². The summed E-state index contributed by atoms with van der Waals surface area (Å²) in [5, 5.41) is 0.495. The molecule has 0 radical (unpaired) electrons. The highest BCUT2D eigenvalue weighted by Gasteiger charge is 2.11. The standard InChI is InChI=1S/C13H10BrClO4/c1-17-13(16)12-5-3-9(19-12)7-18-11-4-2-8(14)6-10(11)15/h2-6H,7H2,1H3. The summed E-state index contributed by atoms with van der Waals surface area (Å²) in [7, 11) is 1.29. The molecule has 0 atom stereocenters. The third-order valence-corrected chi connectivity index (χ3v) is 3.10. The minimum Gasteiger partial charge on any atom is -0.484 e. The number of methoxy groups -OCH3 is 1. The molecule has 1 aromatic carbocycles. The molecule has 0 saturated heterocycles. The Labute approximate surface area is 123 Å². The van der Waals surface area contributed by atoms with Gasteiger partial charge in [0.1, 0.15) is 18.1 Å². The molecule has 100 valence electrons. The lowest BCUT2D eigenvalue weighted by atomic mass is 10.3. The minimum absolute atomic E-state index is 0.142. The van der Waals surface area contributed by atoms with Gasteiger partial charge in [0.15, 0.2) is 0 Å². The summed E-state index contributed by atoms with van der Waals surface area (Å²) < 4.78 is 16.2. The second-order valence-corrected chi connectivity index (χ2v) is 4.94. The molecule has 2 aromatic rings. The van der Waals surface area contributed by atoms with Crippen LogP contribution < -0.4 is 4.74 Å². The molecular formula is C13H10BrClO4. The van der Waals surface area contributed by atoms with E-state index in [-0.39, 0.29) is 12.4 Å². The quantitative estimate of drug-likeness (QED) is 0.784. The van der Waals surface area contributed by atoms with Crippen LogP contribution in [0.4, 0.5) is 0 Å². The van der Waals surface area contributed by atoms with Gasteiger partial charge in [-0.15, -0.1) is 0 Å². The highest BCUT2D eigenvalue weighted by molar-refractivity contribution is 9.10. The van der Waals surface area contributed by atoms with Crippen LogP contribution in [0, 0.1) is 0 Å². The number of carbonyl (C=O) groups excluding carboxylic acids is 1. The van der Waals surface area contributed by atoms with Crippen molar-refractivity contribution in [2.24, 2.45) is 0 Å². The zero-order chi connectivity index (χ0) is 13.8. The third kappa shape index (κ3) is 3.52. The normalized spacial score (nSPS) is 10.3. The van der Waals surface area contributed by atoms with Gasteiger partial charge in [0, 0.05) is 4.47 Å². The molecule has 0 amide bonds. The van der Waals surface area contributed by atoms with E-state index in [1.54, 1.807) is 18.2 Å². The molecule has 6 heteroatoms. The molecule has 1 heterocycles. The van der Waals surface area contributed by atoms with Crippen molar-refractivity contribution in [3.8, 4) is 5.75 Å². The maximum absolute atomic E-state index is 11.2. The zero-order valence-corrected chi connectivity index (χ0v) is 12.3. The Balaban J connectivity index is 2.02. The van der Waals surface area contributed by atoms with Gasteiger partial charge in [-0.1, -0.05) is 27.5 Å². The Bertz CT molecular complexity index is 594. The Kier molecular flexibility index (Phi) is 4.50. The summed E-state index contributed by atoms with van der Waals surface area (Å²) in [6.07, 6.45) is 0. The molecule has 0 aliphatic carbocycles. The van der Waals surface area contributed by atoms with E-state index in [4.69, 9.17) is 20.8 Å². The molecule has 0 spiro atoms. The van der Waals surface area contributed by atoms with Crippen molar-refractivity contribution in [3.63, 3.8) is 0 Å². The number of hydrogen-bond donors (Lipinski definition) is 0. The zero-order valence-electron chi connectivity index (χ0n) is 9.98.